The number of amides is 1. The molecule has 1 fully saturated rings. The van der Waals surface area contributed by atoms with Crippen LogP contribution in [0.15, 0.2) is 29.2 Å². The van der Waals surface area contributed by atoms with Gasteiger partial charge in [-0.25, -0.2) is 8.42 Å². The predicted molar refractivity (Wildman–Crippen MR) is 91.0 cm³/mol. The first kappa shape index (κ1) is 19.8. The second-order valence-corrected chi connectivity index (χ2v) is 7.67. The summed E-state index contributed by atoms with van der Waals surface area (Å²) in [5.74, 6) is -0.356. The Kier molecular flexibility index (Phi) is 7.33. The van der Waals surface area contributed by atoms with Crippen molar-refractivity contribution in [2.24, 2.45) is 0 Å². The van der Waals surface area contributed by atoms with Gasteiger partial charge >= 0.3 is 0 Å². The van der Waals surface area contributed by atoms with Crippen LogP contribution in [0.1, 0.15) is 10.4 Å². The predicted octanol–water partition coefficient (Wildman–Crippen LogP) is 0.0987. The van der Waals surface area contributed by atoms with Crippen molar-refractivity contribution >= 4 is 15.9 Å². The summed E-state index contributed by atoms with van der Waals surface area (Å²) in [6.07, 6.45) is -0.190. The number of nitrogens with one attached hydrogen (secondary N) is 1. The van der Waals surface area contributed by atoms with E-state index in [4.69, 9.17) is 14.2 Å². The highest BCUT2D eigenvalue weighted by atomic mass is 32.2. The van der Waals surface area contributed by atoms with E-state index in [1.807, 2.05) is 0 Å². The zero-order chi connectivity index (χ0) is 18.3. The van der Waals surface area contributed by atoms with Crippen LogP contribution >= 0.6 is 0 Å². The SMILES string of the molecule is COCCN(C)S(=O)(=O)c1cccc(C(=O)NC[C@@H]2COCCO2)c1. The summed E-state index contributed by atoms with van der Waals surface area (Å²) < 4.78 is 41.9. The van der Waals surface area contributed by atoms with Crippen molar-refractivity contribution in [3.05, 3.63) is 29.8 Å². The maximum Gasteiger partial charge on any atom is 0.251 e. The standard InChI is InChI=1S/C16H24N2O6S/c1-18(6-7-22-2)25(20,21)15-5-3-4-13(10-15)16(19)17-11-14-12-23-8-9-24-14/h3-5,10,14H,6-9,11-12H2,1-2H3,(H,17,19)/t14-/m1/s1. The van der Waals surface area contributed by atoms with Gasteiger partial charge in [-0.3, -0.25) is 4.79 Å². The number of carbonyl (C=O) groups excluding carboxylic acids is 1. The summed E-state index contributed by atoms with van der Waals surface area (Å²) in [6.45, 7) is 2.32. The van der Waals surface area contributed by atoms with Crippen LogP contribution in [-0.4, -0.2) is 78.4 Å². The second kappa shape index (κ2) is 9.25. The van der Waals surface area contributed by atoms with E-state index in [9.17, 15) is 13.2 Å². The Hall–Kier alpha value is -1.52. The molecule has 1 aliphatic heterocycles. The van der Waals surface area contributed by atoms with Crippen molar-refractivity contribution in [2.45, 2.75) is 11.0 Å². The molecule has 0 unspecified atom stereocenters. The second-order valence-electron chi connectivity index (χ2n) is 5.62. The number of carbonyl (C=O) groups is 1. The zero-order valence-electron chi connectivity index (χ0n) is 14.4. The first-order valence-corrected chi connectivity index (χ1v) is 9.42. The van der Waals surface area contributed by atoms with Crippen molar-refractivity contribution in [2.75, 3.05) is 53.7 Å². The number of sulfonamides is 1. The zero-order valence-corrected chi connectivity index (χ0v) is 15.3. The Labute approximate surface area is 148 Å². The lowest BCUT2D eigenvalue weighted by Crippen LogP contribution is -2.39. The van der Waals surface area contributed by atoms with Crippen LogP contribution in [0.25, 0.3) is 0 Å². The minimum Gasteiger partial charge on any atom is -0.383 e. The van der Waals surface area contributed by atoms with Gasteiger partial charge in [0.1, 0.15) is 0 Å². The Morgan fingerprint density at radius 3 is 2.88 bits per heavy atom. The molecular formula is C16H24N2O6S. The van der Waals surface area contributed by atoms with Crippen molar-refractivity contribution in [3.63, 3.8) is 0 Å². The lowest BCUT2D eigenvalue weighted by atomic mass is 10.2. The fourth-order valence-electron chi connectivity index (χ4n) is 2.28. The third-order valence-electron chi connectivity index (χ3n) is 3.79. The van der Waals surface area contributed by atoms with Crippen molar-refractivity contribution in [3.8, 4) is 0 Å². The molecule has 140 valence electrons. The van der Waals surface area contributed by atoms with Gasteiger partial charge in [0.05, 0.1) is 37.4 Å². The summed E-state index contributed by atoms with van der Waals surface area (Å²) in [6, 6.07) is 5.95. The molecule has 9 heteroatoms. The molecule has 1 saturated heterocycles. The highest BCUT2D eigenvalue weighted by molar-refractivity contribution is 7.89. The molecule has 0 aliphatic carbocycles. The Morgan fingerprint density at radius 2 is 2.20 bits per heavy atom. The van der Waals surface area contributed by atoms with Crippen LogP contribution in [-0.2, 0) is 24.2 Å². The summed E-state index contributed by atoms with van der Waals surface area (Å²) in [5, 5.41) is 2.74. The minimum atomic E-state index is -3.67. The molecule has 2 rings (SSSR count). The van der Waals surface area contributed by atoms with E-state index in [1.165, 1.54) is 30.6 Å². The van der Waals surface area contributed by atoms with Crippen LogP contribution in [0, 0.1) is 0 Å². The summed E-state index contributed by atoms with van der Waals surface area (Å²) >= 11 is 0. The fourth-order valence-corrected chi connectivity index (χ4v) is 3.48. The van der Waals surface area contributed by atoms with E-state index < -0.39 is 10.0 Å². The van der Waals surface area contributed by atoms with E-state index in [1.54, 1.807) is 12.1 Å². The van der Waals surface area contributed by atoms with Gasteiger partial charge in [0.15, 0.2) is 0 Å². The Balaban J connectivity index is 2.02. The molecule has 1 aromatic rings. The maximum atomic E-state index is 12.5. The van der Waals surface area contributed by atoms with Gasteiger partial charge in [-0.15, -0.1) is 0 Å². The molecule has 1 atom stereocenters. The summed E-state index contributed by atoms with van der Waals surface area (Å²) in [5.41, 5.74) is 0.276. The van der Waals surface area contributed by atoms with E-state index in [2.05, 4.69) is 5.32 Å². The average Bonchev–Trinajstić information content (AvgIpc) is 2.65. The lowest BCUT2D eigenvalue weighted by Gasteiger charge is -2.23. The molecule has 1 aliphatic rings. The summed E-state index contributed by atoms with van der Waals surface area (Å²) in [7, 11) is -0.694. The topological polar surface area (TPSA) is 94.2 Å². The molecule has 0 aromatic heterocycles. The molecular weight excluding hydrogens is 348 g/mol. The maximum absolute atomic E-state index is 12.5. The first-order chi connectivity index (χ1) is 11.9. The Morgan fingerprint density at radius 1 is 1.40 bits per heavy atom. The molecule has 1 aromatic carbocycles. The first-order valence-electron chi connectivity index (χ1n) is 7.98. The smallest absolute Gasteiger partial charge is 0.251 e. The van der Waals surface area contributed by atoms with Gasteiger partial charge in [0.25, 0.3) is 5.91 Å². The van der Waals surface area contributed by atoms with Crippen LogP contribution in [0.3, 0.4) is 0 Å². The van der Waals surface area contributed by atoms with Crippen LogP contribution in [0.5, 0.6) is 0 Å². The molecule has 8 nitrogen and oxygen atoms in total. The minimum absolute atomic E-state index is 0.0657. The highest BCUT2D eigenvalue weighted by Crippen LogP contribution is 2.16. The number of hydrogen-bond donors (Lipinski definition) is 1. The normalized spacial score (nSPS) is 18.3. The largest absolute Gasteiger partial charge is 0.383 e. The van der Waals surface area contributed by atoms with E-state index in [-0.39, 0.29) is 29.0 Å². The highest BCUT2D eigenvalue weighted by Gasteiger charge is 2.22. The average molecular weight is 372 g/mol. The van der Waals surface area contributed by atoms with Crippen LogP contribution in [0.2, 0.25) is 0 Å². The lowest BCUT2D eigenvalue weighted by molar-refractivity contribution is -0.0855. The van der Waals surface area contributed by atoms with Gasteiger partial charge in [0, 0.05) is 32.8 Å². The monoisotopic (exact) mass is 372 g/mol. The van der Waals surface area contributed by atoms with E-state index in [0.717, 1.165) is 0 Å². The fraction of sp³-hybridized carbons (Fsp3) is 0.562. The number of nitrogens with zero attached hydrogens (tertiary/aromatic N) is 1. The van der Waals surface area contributed by atoms with Crippen LogP contribution in [0.4, 0.5) is 0 Å². The van der Waals surface area contributed by atoms with Gasteiger partial charge in [0.2, 0.25) is 10.0 Å². The molecule has 0 saturated carbocycles. The Bertz CT molecular complexity index is 673. The number of benzene rings is 1. The van der Waals surface area contributed by atoms with Gasteiger partial charge in [-0.05, 0) is 18.2 Å². The number of rotatable bonds is 8. The van der Waals surface area contributed by atoms with E-state index >= 15 is 0 Å². The molecule has 0 spiro atoms. The van der Waals surface area contributed by atoms with Gasteiger partial charge in [-0.2, -0.15) is 4.31 Å². The number of ether oxygens (including phenoxy) is 3. The molecule has 1 heterocycles. The van der Waals surface area contributed by atoms with Gasteiger partial charge in [-0.1, -0.05) is 6.07 Å². The van der Waals surface area contributed by atoms with Gasteiger partial charge < -0.3 is 19.5 Å². The number of likely N-dealkylation sites (N-methyl/N-ethyl adjacent to an activating group) is 1. The number of hydrogen-bond acceptors (Lipinski definition) is 6. The molecule has 1 amide bonds. The van der Waals surface area contributed by atoms with Crippen LogP contribution < -0.4 is 5.32 Å². The number of methoxy groups -OCH3 is 1. The summed E-state index contributed by atoms with van der Waals surface area (Å²) in [4.78, 5) is 12.3. The van der Waals surface area contributed by atoms with E-state index in [0.29, 0.717) is 33.0 Å². The van der Waals surface area contributed by atoms with Crippen molar-refractivity contribution < 1.29 is 27.4 Å². The molecule has 0 radical (unpaired) electrons. The third kappa shape index (κ3) is 5.48. The van der Waals surface area contributed by atoms with Crippen molar-refractivity contribution in [1.82, 2.24) is 9.62 Å². The quantitative estimate of drug-likeness (QED) is 0.696. The molecule has 1 N–H and O–H groups in total. The molecule has 0 bridgehead atoms. The third-order valence-corrected chi connectivity index (χ3v) is 5.64. The van der Waals surface area contributed by atoms with Crippen molar-refractivity contribution in [1.29, 1.82) is 0 Å². The molecule has 25 heavy (non-hydrogen) atoms.